The summed E-state index contributed by atoms with van der Waals surface area (Å²) in [7, 11) is 3.31. The van der Waals surface area contributed by atoms with Crippen molar-refractivity contribution in [3.8, 4) is 11.5 Å². The molecule has 3 rings (SSSR count). The number of allylic oxidation sites excluding steroid dienone is 2. The Morgan fingerprint density at radius 2 is 1.80 bits per heavy atom. The van der Waals surface area contributed by atoms with Crippen LogP contribution in [0.4, 0.5) is 5.69 Å². The Labute approximate surface area is 148 Å². The summed E-state index contributed by atoms with van der Waals surface area (Å²) in [5, 5.41) is 0. The normalized spacial score (nSPS) is 17.2. The molecule has 0 aromatic heterocycles. The molecule has 2 aromatic rings. The second-order valence-corrected chi connectivity index (χ2v) is 5.51. The predicted octanol–water partition coefficient (Wildman–Crippen LogP) is 4.79. The zero-order valence-corrected chi connectivity index (χ0v) is 14.4. The summed E-state index contributed by atoms with van der Waals surface area (Å²) in [5.74, 6) is 2.24. The van der Waals surface area contributed by atoms with Gasteiger partial charge in [-0.05, 0) is 29.8 Å². The average molecular weight is 335 g/mol. The van der Waals surface area contributed by atoms with E-state index < -0.39 is 0 Å². The highest BCUT2D eigenvalue weighted by atomic mass is 16.5. The molecule has 1 saturated heterocycles. The summed E-state index contributed by atoms with van der Waals surface area (Å²) < 4.78 is 16.2. The third-order valence-corrected chi connectivity index (χ3v) is 3.89. The van der Waals surface area contributed by atoms with Crippen LogP contribution >= 0.6 is 0 Å². The molecule has 0 bridgehead atoms. The Bertz CT molecular complexity index is 804. The van der Waals surface area contributed by atoms with Crippen LogP contribution in [0.15, 0.2) is 71.2 Å². The summed E-state index contributed by atoms with van der Waals surface area (Å²) >= 11 is 0. The maximum absolute atomic E-state index is 5.68. The molecule has 0 radical (unpaired) electrons. The van der Waals surface area contributed by atoms with Crippen LogP contribution in [0.1, 0.15) is 12.0 Å². The van der Waals surface area contributed by atoms with E-state index in [-0.39, 0.29) is 0 Å². The van der Waals surface area contributed by atoms with E-state index >= 15 is 0 Å². The maximum Gasteiger partial charge on any atom is 0.217 e. The first-order valence-corrected chi connectivity index (χ1v) is 8.16. The molecule has 4 heteroatoms. The lowest BCUT2D eigenvalue weighted by molar-refractivity contribution is 0.343. The molecule has 0 saturated carbocycles. The minimum atomic E-state index is 0.649. The molecule has 1 fully saturated rings. The Morgan fingerprint density at radius 3 is 2.56 bits per heavy atom. The van der Waals surface area contributed by atoms with Crippen LogP contribution in [0.2, 0.25) is 0 Å². The fourth-order valence-electron chi connectivity index (χ4n) is 2.54. The summed E-state index contributed by atoms with van der Waals surface area (Å²) in [6, 6.07) is 15.6. The van der Waals surface area contributed by atoms with Gasteiger partial charge >= 0.3 is 0 Å². The number of para-hydroxylation sites is 2. The summed E-state index contributed by atoms with van der Waals surface area (Å²) in [5.41, 5.74) is 2.96. The lowest BCUT2D eigenvalue weighted by atomic mass is 10.1. The Balaban J connectivity index is 1.77. The maximum atomic E-state index is 5.68. The van der Waals surface area contributed by atoms with Gasteiger partial charge in [0.1, 0.15) is 17.2 Å². The van der Waals surface area contributed by atoms with Gasteiger partial charge in [0.05, 0.1) is 20.8 Å². The Morgan fingerprint density at radius 1 is 1.00 bits per heavy atom. The van der Waals surface area contributed by atoms with Gasteiger partial charge in [0.15, 0.2) is 0 Å². The van der Waals surface area contributed by atoms with Crippen molar-refractivity contribution in [1.82, 2.24) is 0 Å². The number of rotatable bonds is 5. The first-order valence-electron chi connectivity index (χ1n) is 8.16. The van der Waals surface area contributed by atoms with Crippen LogP contribution in [0.25, 0.3) is 6.08 Å². The third-order valence-electron chi connectivity index (χ3n) is 3.89. The molecule has 1 aliphatic heterocycles. The second kappa shape index (κ2) is 8.20. The molecular weight excluding hydrogens is 314 g/mol. The molecule has 1 aliphatic rings. The number of hydrogen-bond acceptors (Lipinski definition) is 4. The van der Waals surface area contributed by atoms with Gasteiger partial charge in [-0.2, -0.15) is 0 Å². The standard InChI is InChI=1S/C21H21NO3/c1-23-18-12-10-16(11-13-18)6-5-7-17-14-15-25-21(17)22-19-8-3-4-9-20(19)24-2/h3-13H,14-15H2,1-2H3. The number of methoxy groups -OCH3 is 2. The van der Waals surface area contributed by atoms with Crippen LogP contribution in [0.3, 0.4) is 0 Å². The largest absolute Gasteiger partial charge is 0.497 e. The highest BCUT2D eigenvalue weighted by molar-refractivity contribution is 5.97. The van der Waals surface area contributed by atoms with Gasteiger partial charge in [-0.3, -0.25) is 0 Å². The van der Waals surface area contributed by atoms with E-state index in [1.54, 1.807) is 14.2 Å². The number of ether oxygens (including phenoxy) is 3. The minimum Gasteiger partial charge on any atom is -0.497 e. The van der Waals surface area contributed by atoms with Gasteiger partial charge in [-0.25, -0.2) is 4.99 Å². The van der Waals surface area contributed by atoms with E-state index in [0.717, 1.165) is 34.7 Å². The highest BCUT2D eigenvalue weighted by Crippen LogP contribution is 2.29. The zero-order chi connectivity index (χ0) is 17.5. The molecule has 4 nitrogen and oxygen atoms in total. The van der Waals surface area contributed by atoms with Crippen molar-refractivity contribution in [3.05, 3.63) is 71.8 Å². The second-order valence-electron chi connectivity index (χ2n) is 5.51. The van der Waals surface area contributed by atoms with Crippen molar-refractivity contribution >= 4 is 17.7 Å². The van der Waals surface area contributed by atoms with Crippen LogP contribution in [0, 0.1) is 0 Å². The minimum absolute atomic E-state index is 0.649. The summed E-state index contributed by atoms with van der Waals surface area (Å²) in [6.07, 6.45) is 6.96. The molecule has 2 aromatic carbocycles. The van der Waals surface area contributed by atoms with Gasteiger partial charge in [0.2, 0.25) is 5.90 Å². The monoisotopic (exact) mass is 335 g/mol. The van der Waals surface area contributed by atoms with Crippen LogP contribution in [0.5, 0.6) is 11.5 Å². The smallest absolute Gasteiger partial charge is 0.217 e. The zero-order valence-electron chi connectivity index (χ0n) is 14.4. The molecule has 0 N–H and O–H groups in total. The van der Waals surface area contributed by atoms with Crippen molar-refractivity contribution in [3.63, 3.8) is 0 Å². The van der Waals surface area contributed by atoms with Crippen molar-refractivity contribution < 1.29 is 14.2 Å². The molecule has 0 spiro atoms. The lowest BCUT2D eigenvalue weighted by Gasteiger charge is -2.05. The van der Waals surface area contributed by atoms with Crippen molar-refractivity contribution in [2.75, 3.05) is 20.8 Å². The van der Waals surface area contributed by atoms with E-state index in [9.17, 15) is 0 Å². The van der Waals surface area contributed by atoms with Gasteiger partial charge in [0.25, 0.3) is 0 Å². The van der Waals surface area contributed by atoms with Gasteiger partial charge < -0.3 is 14.2 Å². The first-order chi connectivity index (χ1) is 12.3. The van der Waals surface area contributed by atoms with Gasteiger partial charge in [0, 0.05) is 12.0 Å². The summed E-state index contributed by atoms with van der Waals surface area (Å²) in [4.78, 5) is 4.61. The number of nitrogens with zero attached hydrogens (tertiary/aromatic N) is 1. The van der Waals surface area contributed by atoms with Crippen LogP contribution in [-0.2, 0) is 4.74 Å². The van der Waals surface area contributed by atoms with E-state index in [2.05, 4.69) is 4.99 Å². The van der Waals surface area contributed by atoms with E-state index in [0.29, 0.717) is 12.5 Å². The SMILES string of the molecule is COc1ccc(C=CC=C2CCOC2=Nc2ccccc2OC)cc1. The number of benzene rings is 2. The highest BCUT2D eigenvalue weighted by Gasteiger charge is 2.17. The molecule has 0 unspecified atom stereocenters. The number of hydrogen-bond donors (Lipinski definition) is 0. The molecule has 0 atom stereocenters. The first kappa shape index (κ1) is 16.8. The fraction of sp³-hybridized carbons (Fsp3) is 0.190. The molecule has 25 heavy (non-hydrogen) atoms. The van der Waals surface area contributed by atoms with E-state index in [1.807, 2.05) is 66.8 Å². The molecule has 128 valence electrons. The van der Waals surface area contributed by atoms with Crippen molar-refractivity contribution in [2.24, 2.45) is 4.99 Å². The van der Waals surface area contributed by atoms with Gasteiger partial charge in [-0.1, -0.05) is 42.5 Å². The van der Waals surface area contributed by atoms with Crippen molar-refractivity contribution in [2.45, 2.75) is 6.42 Å². The van der Waals surface area contributed by atoms with Crippen molar-refractivity contribution in [1.29, 1.82) is 0 Å². The predicted molar refractivity (Wildman–Crippen MR) is 101 cm³/mol. The quantitative estimate of drug-likeness (QED) is 0.788. The Kier molecular flexibility index (Phi) is 5.52. The molecule has 0 aliphatic carbocycles. The lowest BCUT2D eigenvalue weighted by Crippen LogP contribution is -1.96. The average Bonchev–Trinajstić information content (AvgIpc) is 3.10. The third kappa shape index (κ3) is 4.29. The van der Waals surface area contributed by atoms with Crippen LogP contribution < -0.4 is 9.47 Å². The molecule has 0 amide bonds. The van der Waals surface area contributed by atoms with E-state index in [1.165, 1.54) is 0 Å². The van der Waals surface area contributed by atoms with Gasteiger partial charge in [-0.15, -0.1) is 0 Å². The Hall–Kier alpha value is -3.01. The number of aliphatic imine (C=N–C) groups is 1. The fourth-order valence-corrected chi connectivity index (χ4v) is 2.54. The molecular formula is C21H21NO3. The molecule has 1 heterocycles. The summed E-state index contributed by atoms with van der Waals surface area (Å²) in [6.45, 7) is 0.649. The van der Waals surface area contributed by atoms with Crippen LogP contribution in [-0.4, -0.2) is 26.7 Å². The topological polar surface area (TPSA) is 40.0 Å². The van der Waals surface area contributed by atoms with E-state index in [4.69, 9.17) is 14.2 Å².